The van der Waals surface area contributed by atoms with Crippen molar-refractivity contribution in [3.05, 3.63) is 88.9 Å². The molecule has 0 aliphatic carbocycles. The number of hydrogen-bond acceptors (Lipinski definition) is 3. The van der Waals surface area contributed by atoms with E-state index in [-0.39, 0.29) is 18.5 Å². The van der Waals surface area contributed by atoms with Crippen LogP contribution in [0.3, 0.4) is 0 Å². The molecule has 3 aromatic carbocycles. The number of amides is 3. The maximum absolute atomic E-state index is 13.3. The minimum Gasteiger partial charge on any atom is -0.455 e. The average Bonchev–Trinajstić information content (AvgIpc) is 2.86. The number of rotatable bonds is 2. The fourth-order valence-electron chi connectivity index (χ4n) is 3.70. The summed E-state index contributed by atoms with van der Waals surface area (Å²) in [7, 11) is 0. The Labute approximate surface area is 166 Å². The Morgan fingerprint density at radius 2 is 1.64 bits per heavy atom. The van der Waals surface area contributed by atoms with E-state index in [1.54, 1.807) is 24.3 Å². The second-order valence-electron chi connectivity index (χ2n) is 6.72. The van der Waals surface area contributed by atoms with Gasteiger partial charge in [0.2, 0.25) is 0 Å². The fourth-order valence-corrected chi connectivity index (χ4v) is 3.87. The zero-order chi connectivity index (χ0) is 19.3. The van der Waals surface area contributed by atoms with Crippen LogP contribution in [0.25, 0.3) is 0 Å². The second-order valence-corrected chi connectivity index (χ2v) is 7.15. The topological polar surface area (TPSA) is 49.9 Å². The maximum Gasteiger partial charge on any atom is 0.332 e. The lowest BCUT2D eigenvalue weighted by molar-refractivity contribution is -0.127. The van der Waals surface area contributed by atoms with E-state index in [1.807, 2.05) is 48.5 Å². The van der Waals surface area contributed by atoms with Crippen LogP contribution >= 0.6 is 11.6 Å². The van der Waals surface area contributed by atoms with E-state index in [0.717, 1.165) is 5.56 Å². The molecule has 2 heterocycles. The standard InChI is InChI=1S/C22H15ClN2O3/c23-15-10-11-19-17(12-15)25-20(16-8-4-5-9-18(16)28-19)21(26)24(22(25)27)13-14-6-2-1-3-7-14/h1-12,20H,13H2. The highest BCUT2D eigenvalue weighted by molar-refractivity contribution is 6.31. The lowest BCUT2D eigenvalue weighted by atomic mass is 10.0. The number of benzene rings is 3. The van der Waals surface area contributed by atoms with Crippen molar-refractivity contribution in [3.8, 4) is 11.5 Å². The molecule has 138 valence electrons. The molecule has 6 heteroatoms. The molecule has 0 bridgehead atoms. The van der Waals surface area contributed by atoms with Crippen LogP contribution in [-0.4, -0.2) is 16.8 Å². The van der Waals surface area contributed by atoms with Gasteiger partial charge in [-0.05, 0) is 29.8 Å². The van der Waals surface area contributed by atoms with Crippen LogP contribution in [0, 0.1) is 0 Å². The third-order valence-electron chi connectivity index (χ3n) is 4.99. The molecule has 2 aliphatic heterocycles. The summed E-state index contributed by atoms with van der Waals surface area (Å²) in [5.74, 6) is 0.765. The molecular weight excluding hydrogens is 376 g/mol. The van der Waals surface area contributed by atoms with Crippen molar-refractivity contribution in [2.75, 3.05) is 4.90 Å². The summed E-state index contributed by atoms with van der Waals surface area (Å²) in [6, 6.07) is 20.7. The third-order valence-corrected chi connectivity index (χ3v) is 5.23. The Morgan fingerprint density at radius 3 is 2.46 bits per heavy atom. The molecule has 28 heavy (non-hydrogen) atoms. The van der Waals surface area contributed by atoms with Crippen LogP contribution in [0.5, 0.6) is 11.5 Å². The Bertz CT molecular complexity index is 1100. The summed E-state index contributed by atoms with van der Waals surface area (Å²) in [5.41, 5.74) is 2.03. The van der Waals surface area contributed by atoms with Gasteiger partial charge in [0.1, 0.15) is 11.8 Å². The van der Waals surface area contributed by atoms with Crippen molar-refractivity contribution in [2.45, 2.75) is 12.6 Å². The van der Waals surface area contributed by atoms with Crippen molar-refractivity contribution >= 4 is 29.2 Å². The van der Waals surface area contributed by atoms with Crippen molar-refractivity contribution in [3.63, 3.8) is 0 Å². The summed E-state index contributed by atoms with van der Waals surface area (Å²) in [6.45, 7) is 0.213. The molecule has 2 aliphatic rings. The van der Waals surface area contributed by atoms with Crippen LogP contribution in [-0.2, 0) is 11.3 Å². The average molecular weight is 391 g/mol. The van der Waals surface area contributed by atoms with Crippen molar-refractivity contribution < 1.29 is 14.3 Å². The second kappa shape index (κ2) is 6.39. The fraction of sp³-hybridized carbons (Fsp3) is 0.0909. The number of urea groups is 1. The molecule has 0 spiro atoms. The quantitative estimate of drug-likeness (QED) is 0.568. The minimum atomic E-state index is -0.785. The monoisotopic (exact) mass is 390 g/mol. The molecule has 5 rings (SSSR count). The highest BCUT2D eigenvalue weighted by Crippen LogP contribution is 2.48. The maximum atomic E-state index is 13.3. The summed E-state index contributed by atoms with van der Waals surface area (Å²) < 4.78 is 6.02. The van der Waals surface area contributed by atoms with Crippen LogP contribution in [0.15, 0.2) is 72.8 Å². The smallest absolute Gasteiger partial charge is 0.332 e. The van der Waals surface area contributed by atoms with Gasteiger partial charge in [0.25, 0.3) is 5.91 Å². The molecule has 0 radical (unpaired) electrons. The van der Waals surface area contributed by atoms with Crippen LogP contribution in [0.4, 0.5) is 10.5 Å². The SMILES string of the molecule is O=C1C2c3ccccc3Oc3ccc(Cl)cc3N2C(=O)N1Cc1ccccc1. The lowest BCUT2D eigenvalue weighted by Gasteiger charge is -2.20. The van der Waals surface area contributed by atoms with Crippen molar-refractivity contribution in [1.29, 1.82) is 0 Å². The van der Waals surface area contributed by atoms with Gasteiger partial charge < -0.3 is 4.74 Å². The highest BCUT2D eigenvalue weighted by atomic mass is 35.5. The Morgan fingerprint density at radius 1 is 0.893 bits per heavy atom. The summed E-state index contributed by atoms with van der Waals surface area (Å²) in [4.78, 5) is 29.4. The van der Waals surface area contributed by atoms with E-state index in [1.165, 1.54) is 9.80 Å². The number of fused-ring (bicyclic) bond motifs is 5. The zero-order valence-electron chi connectivity index (χ0n) is 14.7. The van der Waals surface area contributed by atoms with E-state index < -0.39 is 6.04 Å². The van der Waals surface area contributed by atoms with Crippen molar-refractivity contribution in [1.82, 2.24) is 4.90 Å². The van der Waals surface area contributed by atoms with Gasteiger partial charge in [-0.3, -0.25) is 14.6 Å². The number of carbonyl (C=O) groups excluding carboxylic acids is 2. The van der Waals surface area contributed by atoms with Gasteiger partial charge in [-0.25, -0.2) is 4.79 Å². The summed E-state index contributed by atoms with van der Waals surface area (Å²) in [5, 5.41) is 0.466. The van der Waals surface area contributed by atoms with Gasteiger partial charge in [-0.1, -0.05) is 60.1 Å². The highest BCUT2D eigenvalue weighted by Gasteiger charge is 2.49. The first-order chi connectivity index (χ1) is 13.6. The van der Waals surface area contributed by atoms with Crippen LogP contribution < -0.4 is 9.64 Å². The van der Waals surface area contributed by atoms with Crippen molar-refractivity contribution in [2.24, 2.45) is 0 Å². The number of halogens is 1. The molecule has 5 nitrogen and oxygen atoms in total. The Hall–Kier alpha value is -3.31. The molecule has 0 saturated carbocycles. The van der Waals surface area contributed by atoms with Gasteiger partial charge in [0, 0.05) is 10.6 Å². The number of imide groups is 1. The van der Waals surface area contributed by atoms with Gasteiger partial charge in [0.15, 0.2) is 5.75 Å². The molecule has 1 unspecified atom stereocenters. The predicted molar refractivity (Wildman–Crippen MR) is 106 cm³/mol. The van der Waals surface area contributed by atoms with Gasteiger partial charge in [-0.2, -0.15) is 0 Å². The predicted octanol–water partition coefficient (Wildman–Crippen LogP) is 5.16. The Balaban J connectivity index is 1.66. The molecule has 3 amide bonds. The number of anilines is 1. The Kier molecular flexibility index (Phi) is 3.84. The van der Waals surface area contributed by atoms with E-state index in [4.69, 9.17) is 16.3 Å². The number of hydrogen-bond donors (Lipinski definition) is 0. The molecule has 1 saturated heterocycles. The van der Waals surface area contributed by atoms with E-state index in [9.17, 15) is 9.59 Å². The number of para-hydroxylation sites is 1. The summed E-state index contributed by atoms with van der Waals surface area (Å²) in [6.07, 6.45) is 0. The molecular formula is C22H15ClN2O3. The third kappa shape index (κ3) is 2.55. The molecule has 1 fully saturated rings. The van der Waals surface area contributed by atoms with Gasteiger partial charge in [-0.15, -0.1) is 0 Å². The summed E-state index contributed by atoms with van der Waals surface area (Å²) >= 11 is 6.19. The first-order valence-corrected chi connectivity index (χ1v) is 9.26. The first-order valence-electron chi connectivity index (χ1n) is 8.88. The minimum absolute atomic E-state index is 0.213. The van der Waals surface area contributed by atoms with Crippen LogP contribution in [0.1, 0.15) is 17.2 Å². The number of nitrogens with zero attached hydrogens (tertiary/aromatic N) is 2. The zero-order valence-corrected chi connectivity index (χ0v) is 15.5. The molecule has 1 atom stereocenters. The normalized spacial score (nSPS) is 17.5. The molecule has 3 aromatic rings. The largest absolute Gasteiger partial charge is 0.455 e. The van der Waals surface area contributed by atoms with Gasteiger partial charge >= 0.3 is 6.03 Å². The number of carbonyl (C=O) groups is 2. The molecule has 0 N–H and O–H groups in total. The van der Waals surface area contributed by atoms with E-state index in [2.05, 4.69) is 0 Å². The molecule has 0 aromatic heterocycles. The van der Waals surface area contributed by atoms with Gasteiger partial charge in [0.05, 0.1) is 12.2 Å². The van der Waals surface area contributed by atoms with E-state index in [0.29, 0.717) is 27.8 Å². The number of ether oxygens (including phenoxy) is 1. The lowest BCUT2D eigenvalue weighted by Crippen LogP contribution is -2.32. The van der Waals surface area contributed by atoms with Crippen LogP contribution in [0.2, 0.25) is 5.02 Å². The first kappa shape index (κ1) is 16.8. The van der Waals surface area contributed by atoms with E-state index >= 15 is 0 Å².